The van der Waals surface area contributed by atoms with Crippen LogP contribution in [-0.2, 0) is 6.54 Å². The van der Waals surface area contributed by atoms with Crippen molar-refractivity contribution in [3.05, 3.63) is 57.3 Å². The Kier molecular flexibility index (Phi) is 5.80. The summed E-state index contributed by atoms with van der Waals surface area (Å²) in [5.74, 6) is 0.547. The summed E-state index contributed by atoms with van der Waals surface area (Å²) in [6.45, 7) is 4.36. The molecule has 0 aliphatic rings. The maximum atomic E-state index is 12.1. The molecule has 1 aromatic carbocycles. The molecular weight excluding hydrogens is 368 g/mol. The Bertz CT molecular complexity index is 660. The molecule has 0 radical (unpaired) electrons. The van der Waals surface area contributed by atoms with Gasteiger partial charge in [-0.1, -0.05) is 23.7 Å². The molecule has 0 aliphatic carbocycles. The van der Waals surface area contributed by atoms with Crippen LogP contribution in [0.25, 0.3) is 0 Å². The third kappa shape index (κ3) is 4.71. The molecule has 2 aromatic rings. The second kappa shape index (κ2) is 7.61. The molecule has 1 heterocycles. The first-order valence-electron chi connectivity index (χ1n) is 6.80. The van der Waals surface area contributed by atoms with Crippen LogP contribution in [0.2, 0.25) is 5.15 Å². The van der Waals surface area contributed by atoms with Crippen LogP contribution in [-0.4, -0.2) is 17.0 Å². The molecule has 1 amide bonds. The number of pyridine rings is 1. The number of hydrogen-bond acceptors (Lipinski definition) is 3. The lowest BCUT2D eigenvalue weighted by molar-refractivity contribution is 0.0950. The van der Waals surface area contributed by atoms with Crippen molar-refractivity contribution in [2.24, 2.45) is 0 Å². The van der Waals surface area contributed by atoms with Crippen molar-refractivity contribution < 1.29 is 9.53 Å². The topological polar surface area (TPSA) is 51.2 Å². The van der Waals surface area contributed by atoms with Crippen LogP contribution in [0.5, 0.6) is 5.75 Å². The van der Waals surface area contributed by atoms with E-state index >= 15 is 0 Å². The van der Waals surface area contributed by atoms with Gasteiger partial charge in [-0.2, -0.15) is 0 Å². The summed E-state index contributed by atoms with van der Waals surface area (Å²) in [6, 6.07) is 9.24. The predicted octanol–water partition coefficient (Wildman–Crippen LogP) is 4.21. The lowest BCUT2D eigenvalue weighted by Crippen LogP contribution is -2.23. The minimum atomic E-state index is -0.263. The monoisotopic (exact) mass is 382 g/mol. The van der Waals surface area contributed by atoms with Crippen molar-refractivity contribution in [2.75, 3.05) is 0 Å². The molecule has 2 rings (SSSR count). The highest BCUT2D eigenvalue weighted by atomic mass is 79.9. The van der Waals surface area contributed by atoms with E-state index in [1.54, 1.807) is 12.3 Å². The molecule has 22 heavy (non-hydrogen) atoms. The van der Waals surface area contributed by atoms with Crippen LogP contribution in [0.3, 0.4) is 0 Å². The Labute approximate surface area is 143 Å². The lowest BCUT2D eigenvalue weighted by Gasteiger charge is -2.10. The Balaban J connectivity index is 1.97. The number of hydrogen-bond donors (Lipinski definition) is 1. The van der Waals surface area contributed by atoms with Crippen molar-refractivity contribution in [3.63, 3.8) is 0 Å². The van der Waals surface area contributed by atoms with Gasteiger partial charge in [0.1, 0.15) is 10.9 Å². The highest BCUT2D eigenvalue weighted by molar-refractivity contribution is 9.10. The largest absolute Gasteiger partial charge is 0.491 e. The molecule has 0 spiro atoms. The van der Waals surface area contributed by atoms with Crippen LogP contribution in [0.4, 0.5) is 0 Å². The van der Waals surface area contributed by atoms with Gasteiger partial charge in [0.2, 0.25) is 0 Å². The van der Waals surface area contributed by atoms with E-state index < -0.39 is 0 Å². The number of carbonyl (C=O) groups is 1. The second-order valence-corrected chi connectivity index (χ2v) is 6.26. The first kappa shape index (κ1) is 16.8. The van der Waals surface area contributed by atoms with E-state index in [9.17, 15) is 4.79 Å². The number of rotatable bonds is 5. The number of amides is 1. The first-order chi connectivity index (χ1) is 10.5. The Morgan fingerprint density at radius 2 is 2.05 bits per heavy atom. The summed E-state index contributed by atoms with van der Waals surface area (Å²) in [7, 11) is 0. The van der Waals surface area contributed by atoms with Crippen LogP contribution in [0.15, 0.2) is 41.0 Å². The van der Waals surface area contributed by atoms with E-state index in [1.807, 2.05) is 38.1 Å². The Hall–Kier alpha value is -1.59. The Morgan fingerprint density at radius 1 is 1.36 bits per heavy atom. The normalized spacial score (nSPS) is 10.6. The van der Waals surface area contributed by atoms with E-state index in [0.717, 1.165) is 11.3 Å². The second-order valence-electron chi connectivity index (χ2n) is 4.99. The zero-order valence-electron chi connectivity index (χ0n) is 12.3. The number of carbonyl (C=O) groups excluding carboxylic acids is 1. The van der Waals surface area contributed by atoms with Crippen LogP contribution in [0, 0.1) is 0 Å². The van der Waals surface area contributed by atoms with Gasteiger partial charge in [-0.3, -0.25) is 4.79 Å². The maximum absolute atomic E-state index is 12.1. The van der Waals surface area contributed by atoms with E-state index in [0.29, 0.717) is 16.6 Å². The average Bonchev–Trinajstić information content (AvgIpc) is 2.48. The SMILES string of the molecule is CC(C)Oc1ccc(CNC(=O)c2cc(Br)cnc2Cl)cc1. The van der Waals surface area contributed by atoms with Gasteiger partial charge in [-0.15, -0.1) is 0 Å². The average molecular weight is 384 g/mol. The van der Waals surface area contributed by atoms with Gasteiger partial charge in [0.25, 0.3) is 5.91 Å². The molecular formula is C16H16BrClN2O2. The van der Waals surface area contributed by atoms with Crippen molar-refractivity contribution >= 4 is 33.4 Å². The Morgan fingerprint density at radius 3 is 2.68 bits per heavy atom. The number of aromatic nitrogens is 1. The van der Waals surface area contributed by atoms with Crippen molar-refractivity contribution in [1.82, 2.24) is 10.3 Å². The fourth-order valence-corrected chi connectivity index (χ4v) is 2.34. The molecule has 0 unspecified atom stereocenters. The molecule has 4 nitrogen and oxygen atoms in total. The zero-order valence-corrected chi connectivity index (χ0v) is 14.6. The van der Waals surface area contributed by atoms with Crippen molar-refractivity contribution in [3.8, 4) is 5.75 Å². The number of nitrogens with one attached hydrogen (secondary N) is 1. The van der Waals surface area contributed by atoms with Gasteiger partial charge in [0.05, 0.1) is 11.7 Å². The number of halogens is 2. The predicted molar refractivity (Wildman–Crippen MR) is 90.3 cm³/mol. The summed E-state index contributed by atoms with van der Waals surface area (Å²) < 4.78 is 6.28. The molecule has 6 heteroatoms. The van der Waals surface area contributed by atoms with Crippen molar-refractivity contribution in [1.29, 1.82) is 0 Å². The quantitative estimate of drug-likeness (QED) is 0.787. The third-order valence-electron chi connectivity index (χ3n) is 2.80. The fourth-order valence-electron chi connectivity index (χ4n) is 1.82. The smallest absolute Gasteiger partial charge is 0.254 e. The highest BCUT2D eigenvalue weighted by Crippen LogP contribution is 2.18. The summed E-state index contributed by atoms with van der Waals surface area (Å²) >= 11 is 9.21. The standard InChI is InChI=1S/C16H16BrClN2O2/c1-10(2)22-13-5-3-11(4-6-13)8-20-16(21)14-7-12(17)9-19-15(14)18/h3-7,9-10H,8H2,1-2H3,(H,20,21). The summed E-state index contributed by atoms with van der Waals surface area (Å²) in [5.41, 5.74) is 1.32. The van der Waals surface area contributed by atoms with Crippen LogP contribution < -0.4 is 10.1 Å². The number of benzene rings is 1. The van der Waals surface area contributed by atoms with Gasteiger partial charge in [-0.25, -0.2) is 4.98 Å². The summed E-state index contributed by atoms with van der Waals surface area (Å²) in [6.07, 6.45) is 1.68. The molecule has 116 valence electrons. The molecule has 0 aliphatic heterocycles. The lowest BCUT2D eigenvalue weighted by atomic mass is 10.2. The van der Waals surface area contributed by atoms with Gasteiger partial charge >= 0.3 is 0 Å². The van der Waals surface area contributed by atoms with Crippen LogP contribution >= 0.6 is 27.5 Å². The fraction of sp³-hybridized carbons (Fsp3) is 0.250. The number of nitrogens with zero attached hydrogens (tertiary/aromatic N) is 1. The molecule has 1 aromatic heterocycles. The van der Waals surface area contributed by atoms with E-state index in [-0.39, 0.29) is 17.2 Å². The molecule has 0 atom stereocenters. The van der Waals surface area contributed by atoms with Gasteiger partial charge in [-0.05, 0) is 53.5 Å². The maximum Gasteiger partial charge on any atom is 0.254 e. The third-order valence-corrected chi connectivity index (χ3v) is 3.53. The van der Waals surface area contributed by atoms with E-state index in [4.69, 9.17) is 16.3 Å². The van der Waals surface area contributed by atoms with Gasteiger partial charge in [0, 0.05) is 17.2 Å². The van der Waals surface area contributed by atoms with E-state index in [1.165, 1.54) is 0 Å². The van der Waals surface area contributed by atoms with Gasteiger partial charge < -0.3 is 10.1 Å². The molecule has 0 bridgehead atoms. The molecule has 0 saturated carbocycles. The van der Waals surface area contributed by atoms with Crippen LogP contribution in [0.1, 0.15) is 29.8 Å². The number of ether oxygens (including phenoxy) is 1. The highest BCUT2D eigenvalue weighted by Gasteiger charge is 2.11. The molecule has 0 fully saturated rings. The molecule has 0 saturated heterocycles. The minimum Gasteiger partial charge on any atom is -0.491 e. The first-order valence-corrected chi connectivity index (χ1v) is 7.97. The van der Waals surface area contributed by atoms with E-state index in [2.05, 4.69) is 26.2 Å². The zero-order chi connectivity index (χ0) is 16.1. The molecule has 1 N–H and O–H groups in total. The van der Waals surface area contributed by atoms with Crippen molar-refractivity contribution in [2.45, 2.75) is 26.5 Å². The summed E-state index contributed by atoms with van der Waals surface area (Å²) in [5, 5.41) is 3.00. The minimum absolute atomic E-state index is 0.136. The van der Waals surface area contributed by atoms with Gasteiger partial charge in [0.15, 0.2) is 0 Å². The summed E-state index contributed by atoms with van der Waals surface area (Å²) in [4.78, 5) is 16.1.